The second-order valence-corrected chi connectivity index (χ2v) is 10.7. The van der Waals surface area contributed by atoms with Crippen LogP contribution in [0.5, 0.6) is 5.75 Å². The molecule has 0 aliphatic carbocycles. The maximum Gasteiger partial charge on any atom is 0.247 e. The number of halogens is 2. The fourth-order valence-corrected chi connectivity index (χ4v) is 5.35. The predicted octanol–water partition coefficient (Wildman–Crippen LogP) is 5.18. The smallest absolute Gasteiger partial charge is 0.247 e. The van der Waals surface area contributed by atoms with E-state index in [0.29, 0.717) is 0 Å². The van der Waals surface area contributed by atoms with Crippen LogP contribution in [0.4, 0.5) is 0 Å². The van der Waals surface area contributed by atoms with Crippen LogP contribution in [-0.2, 0) is 21.4 Å². The first kappa shape index (κ1) is 25.2. The number of hydrogen-bond donors (Lipinski definition) is 1. The molecule has 33 heavy (non-hydrogen) atoms. The van der Waals surface area contributed by atoms with E-state index in [1.165, 1.54) is 19.2 Å². The molecule has 9 heteroatoms. The zero-order valence-corrected chi connectivity index (χ0v) is 21.3. The molecule has 0 spiro atoms. The van der Waals surface area contributed by atoms with E-state index in [0.717, 1.165) is 19.9 Å². The SMILES string of the molecule is COc1ccc(Cl)cc1S(=O)(=O)N(CC(=O)NC(C)c1ccc(Br)cc1)Cc1ccccc1. The van der Waals surface area contributed by atoms with Gasteiger partial charge in [0.15, 0.2) is 0 Å². The lowest BCUT2D eigenvalue weighted by Gasteiger charge is -2.24. The Balaban J connectivity index is 1.89. The first-order valence-corrected chi connectivity index (χ1v) is 12.7. The van der Waals surface area contributed by atoms with Crippen molar-refractivity contribution in [3.05, 3.63) is 93.4 Å². The summed E-state index contributed by atoms with van der Waals surface area (Å²) < 4.78 is 34.5. The zero-order valence-electron chi connectivity index (χ0n) is 18.2. The van der Waals surface area contributed by atoms with Crippen LogP contribution < -0.4 is 10.1 Å². The summed E-state index contributed by atoms with van der Waals surface area (Å²) in [6, 6.07) is 20.7. The lowest BCUT2D eigenvalue weighted by atomic mass is 10.1. The van der Waals surface area contributed by atoms with E-state index in [-0.39, 0.29) is 34.8 Å². The average Bonchev–Trinajstić information content (AvgIpc) is 2.79. The second-order valence-electron chi connectivity index (χ2n) is 7.39. The Bertz CT molecular complexity index is 1200. The highest BCUT2D eigenvalue weighted by molar-refractivity contribution is 9.10. The molecule has 3 aromatic rings. The fourth-order valence-electron chi connectivity index (χ4n) is 3.29. The summed E-state index contributed by atoms with van der Waals surface area (Å²) >= 11 is 9.47. The Morgan fingerprint density at radius 1 is 1.09 bits per heavy atom. The van der Waals surface area contributed by atoms with Gasteiger partial charge in [0.25, 0.3) is 0 Å². The highest BCUT2D eigenvalue weighted by Crippen LogP contribution is 2.30. The lowest BCUT2D eigenvalue weighted by Crippen LogP contribution is -2.41. The van der Waals surface area contributed by atoms with E-state index in [4.69, 9.17) is 16.3 Å². The van der Waals surface area contributed by atoms with Gasteiger partial charge in [-0.3, -0.25) is 4.79 Å². The normalized spacial score (nSPS) is 12.4. The molecule has 0 heterocycles. The monoisotopic (exact) mass is 550 g/mol. The van der Waals surface area contributed by atoms with Crippen LogP contribution in [-0.4, -0.2) is 32.3 Å². The Morgan fingerprint density at radius 3 is 2.39 bits per heavy atom. The summed E-state index contributed by atoms with van der Waals surface area (Å²) in [5, 5.41) is 3.13. The third-order valence-electron chi connectivity index (χ3n) is 5.01. The molecule has 174 valence electrons. The quantitative estimate of drug-likeness (QED) is 0.398. The summed E-state index contributed by atoms with van der Waals surface area (Å²) in [6.07, 6.45) is 0. The molecule has 0 saturated heterocycles. The number of carbonyl (C=O) groups excluding carboxylic acids is 1. The number of sulfonamides is 1. The number of hydrogen-bond acceptors (Lipinski definition) is 4. The van der Waals surface area contributed by atoms with Crippen molar-refractivity contribution in [2.45, 2.75) is 24.4 Å². The number of nitrogens with zero attached hydrogens (tertiary/aromatic N) is 1. The van der Waals surface area contributed by atoms with E-state index in [1.54, 1.807) is 18.2 Å². The summed E-state index contributed by atoms with van der Waals surface area (Å²) in [7, 11) is -2.72. The molecule has 1 amide bonds. The van der Waals surface area contributed by atoms with Crippen molar-refractivity contribution in [3.63, 3.8) is 0 Å². The first-order chi connectivity index (χ1) is 15.7. The minimum absolute atomic E-state index is 0.0128. The van der Waals surface area contributed by atoms with E-state index < -0.39 is 15.9 Å². The van der Waals surface area contributed by atoms with Crippen molar-refractivity contribution in [1.82, 2.24) is 9.62 Å². The maximum absolute atomic E-state index is 13.6. The Kier molecular flexibility index (Phi) is 8.53. The maximum atomic E-state index is 13.6. The lowest BCUT2D eigenvalue weighted by molar-refractivity contribution is -0.122. The molecule has 1 N–H and O–H groups in total. The summed E-state index contributed by atoms with van der Waals surface area (Å²) in [5.41, 5.74) is 1.65. The molecular formula is C24H24BrClN2O4S. The number of amides is 1. The van der Waals surface area contributed by atoms with Crippen molar-refractivity contribution >= 4 is 43.5 Å². The third-order valence-corrected chi connectivity index (χ3v) is 7.59. The van der Waals surface area contributed by atoms with Crippen LogP contribution in [0, 0.1) is 0 Å². The molecular weight excluding hydrogens is 528 g/mol. The Hall–Kier alpha value is -2.39. The number of methoxy groups -OCH3 is 1. The van der Waals surface area contributed by atoms with Gasteiger partial charge >= 0.3 is 0 Å². The highest BCUT2D eigenvalue weighted by atomic mass is 79.9. The van der Waals surface area contributed by atoms with Gasteiger partial charge in [-0.1, -0.05) is 70.0 Å². The van der Waals surface area contributed by atoms with E-state index in [9.17, 15) is 13.2 Å². The van der Waals surface area contributed by atoms with Gasteiger partial charge in [-0.2, -0.15) is 4.31 Å². The van der Waals surface area contributed by atoms with Crippen LogP contribution in [0.3, 0.4) is 0 Å². The largest absolute Gasteiger partial charge is 0.495 e. The number of ether oxygens (including phenoxy) is 1. The topological polar surface area (TPSA) is 75.7 Å². The van der Waals surface area contributed by atoms with Gasteiger partial charge in [0.2, 0.25) is 15.9 Å². The zero-order chi connectivity index (χ0) is 24.0. The molecule has 0 saturated carbocycles. The third kappa shape index (κ3) is 6.57. The predicted molar refractivity (Wildman–Crippen MR) is 133 cm³/mol. The van der Waals surface area contributed by atoms with Crippen LogP contribution in [0.2, 0.25) is 5.02 Å². The number of benzene rings is 3. The molecule has 1 unspecified atom stereocenters. The van der Waals surface area contributed by atoms with Gasteiger partial charge in [0, 0.05) is 16.0 Å². The van der Waals surface area contributed by atoms with Gasteiger partial charge in [-0.25, -0.2) is 8.42 Å². The number of rotatable bonds is 9. The Labute approximate surface area is 207 Å². The van der Waals surface area contributed by atoms with E-state index in [1.807, 2.05) is 49.4 Å². The minimum Gasteiger partial charge on any atom is -0.495 e. The minimum atomic E-state index is -4.11. The molecule has 3 aromatic carbocycles. The highest BCUT2D eigenvalue weighted by Gasteiger charge is 2.30. The second kappa shape index (κ2) is 11.2. The number of carbonyl (C=O) groups is 1. The Morgan fingerprint density at radius 2 is 1.76 bits per heavy atom. The average molecular weight is 552 g/mol. The van der Waals surface area contributed by atoms with Crippen LogP contribution in [0.15, 0.2) is 82.2 Å². The van der Waals surface area contributed by atoms with Gasteiger partial charge < -0.3 is 10.1 Å². The van der Waals surface area contributed by atoms with Crippen molar-refractivity contribution in [2.75, 3.05) is 13.7 Å². The van der Waals surface area contributed by atoms with Gasteiger partial charge in [0.05, 0.1) is 19.7 Å². The van der Waals surface area contributed by atoms with Crippen molar-refractivity contribution in [1.29, 1.82) is 0 Å². The summed E-state index contributed by atoms with van der Waals surface area (Å²) in [4.78, 5) is 12.8. The molecule has 0 bridgehead atoms. The standard InChI is InChI=1S/C24H24BrClN2O4S/c1-17(19-8-10-20(25)11-9-19)27-24(29)16-28(15-18-6-4-3-5-7-18)33(30,31)23-14-21(26)12-13-22(23)32-2/h3-14,17H,15-16H2,1-2H3,(H,27,29). The molecule has 3 rings (SSSR count). The van der Waals surface area contributed by atoms with E-state index in [2.05, 4.69) is 21.2 Å². The van der Waals surface area contributed by atoms with Crippen LogP contribution in [0.1, 0.15) is 24.1 Å². The van der Waals surface area contributed by atoms with E-state index >= 15 is 0 Å². The van der Waals surface area contributed by atoms with Gasteiger partial charge in [0.1, 0.15) is 10.6 Å². The molecule has 0 radical (unpaired) electrons. The van der Waals surface area contributed by atoms with Gasteiger partial charge in [-0.05, 0) is 48.4 Å². The number of nitrogens with one attached hydrogen (secondary N) is 1. The summed E-state index contributed by atoms with van der Waals surface area (Å²) in [6.45, 7) is 1.49. The molecule has 0 aliphatic rings. The fraction of sp³-hybridized carbons (Fsp3) is 0.208. The van der Waals surface area contributed by atoms with Crippen molar-refractivity contribution < 1.29 is 17.9 Å². The first-order valence-electron chi connectivity index (χ1n) is 10.1. The summed E-state index contributed by atoms with van der Waals surface area (Å²) in [5.74, 6) is -0.271. The molecule has 0 aliphatic heterocycles. The van der Waals surface area contributed by atoms with Crippen LogP contribution in [0.25, 0.3) is 0 Å². The molecule has 0 aromatic heterocycles. The van der Waals surface area contributed by atoms with Crippen LogP contribution >= 0.6 is 27.5 Å². The molecule has 0 fully saturated rings. The molecule has 1 atom stereocenters. The van der Waals surface area contributed by atoms with Crippen molar-refractivity contribution in [2.24, 2.45) is 0 Å². The molecule has 6 nitrogen and oxygen atoms in total. The van der Waals surface area contributed by atoms with Crippen molar-refractivity contribution in [3.8, 4) is 5.75 Å². The van der Waals surface area contributed by atoms with Gasteiger partial charge in [-0.15, -0.1) is 0 Å².